The SMILES string of the molecule is C=C(CC(=O)NC(c1ccc(C(F)(F)F)cc1)C1CC1)C(=O)O. The molecule has 1 fully saturated rings. The molecule has 2 rings (SSSR count). The van der Waals surface area contributed by atoms with Crippen LogP contribution in [0.1, 0.15) is 36.4 Å². The van der Waals surface area contributed by atoms with Gasteiger partial charge in [-0.15, -0.1) is 0 Å². The molecule has 124 valence electrons. The van der Waals surface area contributed by atoms with E-state index < -0.39 is 29.7 Å². The highest BCUT2D eigenvalue weighted by molar-refractivity contribution is 5.93. The maximum absolute atomic E-state index is 12.6. The minimum atomic E-state index is -4.41. The molecule has 1 aliphatic rings. The van der Waals surface area contributed by atoms with E-state index in [1.807, 2.05) is 0 Å². The van der Waals surface area contributed by atoms with Crippen LogP contribution in [0.5, 0.6) is 0 Å². The number of alkyl halides is 3. The molecule has 1 aliphatic carbocycles. The van der Waals surface area contributed by atoms with Crippen molar-refractivity contribution < 1.29 is 27.9 Å². The van der Waals surface area contributed by atoms with E-state index in [1.54, 1.807) is 0 Å². The average Bonchev–Trinajstić information content (AvgIpc) is 3.28. The summed E-state index contributed by atoms with van der Waals surface area (Å²) in [6.07, 6.45) is -3.02. The quantitative estimate of drug-likeness (QED) is 0.788. The second kappa shape index (κ2) is 6.44. The van der Waals surface area contributed by atoms with Crippen LogP contribution in [0.25, 0.3) is 0 Å². The van der Waals surface area contributed by atoms with Crippen molar-refractivity contribution in [3.8, 4) is 0 Å². The van der Waals surface area contributed by atoms with Gasteiger partial charge < -0.3 is 10.4 Å². The first kappa shape index (κ1) is 17.1. The second-order valence-electron chi connectivity index (χ2n) is 5.59. The van der Waals surface area contributed by atoms with Crippen molar-refractivity contribution >= 4 is 11.9 Å². The van der Waals surface area contributed by atoms with Crippen molar-refractivity contribution in [2.75, 3.05) is 0 Å². The number of amides is 1. The number of carbonyl (C=O) groups excluding carboxylic acids is 1. The van der Waals surface area contributed by atoms with Gasteiger partial charge in [-0.1, -0.05) is 18.7 Å². The third kappa shape index (κ3) is 4.58. The first-order valence-electron chi connectivity index (χ1n) is 7.06. The second-order valence-corrected chi connectivity index (χ2v) is 5.59. The van der Waals surface area contributed by atoms with Crippen LogP contribution in [0, 0.1) is 5.92 Å². The van der Waals surface area contributed by atoms with Crippen LogP contribution in [-0.2, 0) is 15.8 Å². The van der Waals surface area contributed by atoms with E-state index in [4.69, 9.17) is 5.11 Å². The third-order valence-corrected chi connectivity index (χ3v) is 3.68. The Morgan fingerprint density at radius 3 is 2.26 bits per heavy atom. The number of hydrogen-bond donors (Lipinski definition) is 2. The van der Waals surface area contributed by atoms with E-state index >= 15 is 0 Å². The molecule has 1 aromatic carbocycles. The predicted molar refractivity (Wildman–Crippen MR) is 76.4 cm³/mol. The minimum absolute atomic E-state index is 0.161. The lowest BCUT2D eigenvalue weighted by molar-refractivity contribution is -0.137. The van der Waals surface area contributed by atoms with Crippen molar-refractivity contribution in [1.29, 1.82) is 0 Å². The van der Waals surface area contributed by atoms with Gasteiger partial charge in [-0.05, 0) is 36.5 Å². The highest BCUT2D eigenvalue weighted by atomic mass is 19.4. The Labute approximate surface area is 131 Å². The number of nitrogens with one attached hydrogen (secondary N) is 1. The molecule has 0 aromatic heterocycles. The zero-order valence-corrected chi connectivity index (χ0v) is 12.2. The summed E-state index contributed by atoms with van der Waals surface area (Å²) in [6, 6.07) is 4.24. The summed E-state index contributed by atoms with van der Waals surface area (Å²) >= 11 is 0. The van der Waals surface area contributed by atoms with Gasteiger partial charge >= 0.3 is 12.1 Å². The summed E-state index contributed by atoms with van der Waals surface area (Å²) in [4.78, 5) is 22.6. The number of benzene rings is 1. The molecule has 0 bridgehead atoms. The van der Waals surface area contributed by atoms with E-state index in [0.717, 1.165) is 25.0 Å². The molecular weight excluding hydrogens is 311 g/mol. The van der Waals surface area contributed by atoms with Gasteiger partial charge in [-0.2, -0.15) is 13.2 Å². The van der Waals surface area contributed by atoms with E-state index in [1.165, 1.54) is 12.1 Å². The topological polar surface area (TPSA) is 66.4 Å². The van der Waals surface area contributed by atoms with E-state index in [0.29, 0.717) is 5.56 Å². The Bertz CT molecular complexity index is 618. The van der Waals surface area contributed by atoms with Gasteiger partial charge in [-0.3, -0.25) is 4.79 Å². The standard InChI is InChI=1S/C16H16F3NO3/c1-9(15(22)23)8-13(21)20-14(10-2-3-10)11-4-6-12(7-5-11)16(17,18)19/h4-7,10,14H,1-3,8H2,(H,20,21)(H,22,23). The van der Waals surface area contributed by atoms with Crippen LogP contribution < -0.4 is 5.32 Å². The van der Waals surface area contributed by atoms with E-state index in [2.05, 4.69) is 11.9 Å². The number of aliphatic carboxylic acids is 1. The molecular formula is C16H16F3NO3. The van der Waals surface area contributed by atoms with Crippen LogP contribution >= 0.6 is 0 Å². The largest absolute Gasteiger partial charge is 0.478 e. The summed E-state index contributed by atoms with van der Waals surface area (Å²) in [6.45, 7) is 3.29. The monoisotopic (exact) mass is 327 g/mol. The van der Waals surface area contributed by atoms with E-state index in [-0.39, 0.29) is 17.9 Å². The molecule has 4 nitrogen and oxygen atoms in total. The molecule has 0 saturated heterocycles. The molecule has 0 heterocycles. The average molecular weight is 327 g/mol. The molecule has 1 atom stereocenters. The summed E-state index contributed by atoms with van der Waals surface area (Å²) in [5, 5.41) is 11.4. The Hall–Kier alpha value is -2.31. The predicted octanol–water partition coefficient (Wildman–Crippen LogP) is 3.30. The highest BCUT2D eigenvalue weighted by Gasteiger charge is 2.35. The fraction of sp³-hybridized carbons (Fsp3) is 0.375. The Morgan fingerprint density at radius 1 is 1.26 bits per heavy atom. The number of hydrogen-bond acceptors (Lipinski definition) is 2. The van der Waals surface area contributed by atoms with Crippen molar-refractivity contribution in [2.45, 2.75) is 31.5 Å². The Kier molecular flexibility index (Phi) is 4.77. The highest BCUT2D eigenvalue weighted by Crippen LogP contribution is 2.41. The summed E-state index contributed by atoms with van der Waals surface area (Å²) < 4.78 is 37.8. The number of halogens is 3. The smallest absolute Gasteiger partial charge is 0.416 e. The molecule has 7 heteroatoms. The number of carboxylic acids is 1. The van der Waals surface area contributed by atoms with Crippen LogP contribution in [0.15, 0.2) is 36.4 Å². The molecule has 0 spiro atoms. The fourth-order valence-corrected chi connectivity index (χ4v) is 2.28. The van der Waals surface area contributed by atoms with Gasteiger partial charge in [0, 0.05) is 5.57 Å². The first-order valence-corrected chi connectivity index (χ1v) is 7.06. The normalized spacial score (nSPS) is 15.8. The maximum Gasteiger partial charge on any atom is 0.416 e. The van der Waals surface area contributed by atoms with Gasteiger partial charge in [-0.25, -0.2) is 4.79 Å². The van der Waals surface area contributed by atoms with Crippen molar-refractivity contribution in [3.05, 3.63) is 47.5 Å². The molecule has 2 N–H and O–H groups in total. The van der Waals surface area contributed by atoms with E-state index in [9.17, 15) is 22.8 Å². The van der Waals surface area contributed by atoms with Gasteiger partial charge in [0.05, 0.1) is 18.0 Å². The van der Waals surface area contributed by atoms with Crippen LogP contribution in [0.3, 0.4) is 0 Å². The van der Waals surface area contributed by atoms with Gasteiger partial charge in [0.1, 0.15) is 0 Å². The van der Waals surface area contributed by atoms with Gasteiger partial charge in [0.2, 0.25) is 5.91 Å². The number of carboxylic acid groups (broad SMARTS) is 1. The minimum Gasteiger partial charge on any atom is -0.478 e. The van der Waals surface area contributed by atoms with Crippen molar-refractivity contribution in [1.82, 2.24) is 5.32 Å². The molecule has 1 saturated carbocycles. The molecule has 1 amide bonds. The molecule has 23 heavy (non-hydrogen) atoms. The summed E-state index contributed by atoms with van der Waals surface area (Å²) in [7, 11) is 0. The number of carbonyl (C=O) groups is 2. The summed E-state index contributed by atoms with van der Waals surface area (Å²) in [5.74, 6) is -1.60. The maximum atomic E-state index is 12.6. The first-order chi connectivity index (χ1) is 10.7. The lowest BCUT2D eigenvalue weighted by atomic mass is 10.00. The van der Waals surface area contributed by atoms with Crippen LogP contribution in [0.2, 0.25) is 0 Å². The van der Waals surface area contributed by atoms with Crippen molar-refractivity contribution in [2.24, 2.45) is 5.92 Å². The van der Waals surface area contributed by atoms with Gasteiger partial charge in [0.25, 0.3) is 0 Å². The molecule has 0 radical (unpaired) electrons. The molecule has 1 unspecified atom stereocenters. The molecule has 1 aromatic rings. The Morgan fingerprint density at radius 2 is 1.83 bits per heavy atom. The zero-order valence-electron chi connectivity index (χ0n) is 12.2. The van der Waals surface area contributed by atoms with Crippen LogP contribution in [-0.4, -0.2) is 17.0 Å². The Balaban J connectivity index is 2.08. The fourth-order valence-electron chi connectivity index (χ4n) is 2.28. The third-order valence-electron chi connectivity index (χ3n) is 3.68. The van der Waals surface area contributed by atoms with Crippen LogP contribution in [0.4, 0.5) is 13.2 Å². The lowest BCUT2D eigenvalue weighted by Crippen LogP contribution is -2.30. The molecule has 0 aliphatic heterocycles. The zero-order chi connectivity index (χ0) is 17.2. The van der Waals surface area contributed by atoms with Gasteiger partial charge in [0.15, 0.2) is 0 Å². The number of rotatable bonds is 6. The van der Waals surface area contributed by atoms with Crippen molar-refractivity contribution in [3.63, 3.8) is 0 Å². The summed E-state index contributed by atoms with van der Waals surface area (Å²) in [5.41, 5.74) is -0.402. The lowest BCUT2D eigenvalue weighted by Gasteiger charge is -2.19.